The summed E-state index contributed by atoms with van der Waals surface area (Å²) in [7, 11) is 1.48. The van der Waals surface area contributed by atoms with Crippen LogP contribution in [0, 0.1) is 0 Å². The summed E-state index contributed by atoms with van der Waals surface area (Å²) in [6.07, 6.45) is 2.59. The first-order chi connectivity index (χ1) is 12.9. The topological polar surface area (TPSA) is 81.4 Å². The fourth-order valence-electron chi connectivity index (χ4n) is 3.70. The maximum Gasteiger partial charge on any atom is 0.387 e. The van der Waals surface area contributed by atoms with Crippen LogP contribution in [-0.2, 0) is 19.9 Å². The van der Waals surface area contributed by atoms with Gasteiger partial charge in [-0.2, -0.15) is 8.78 Å². The summed E-state index contributed by atoms with van der Waals surface area (Å²) in [6, 6.07) is 6.30. The molecule has 2 heterocycles. The van der Waals surface area contributed by atoms with E-state index in [1.165, 1.54) is 29.9 Å². The fourth-order valence-corrected chi connectivity index (χ4v) is 3.70. The first kappa shape index (κ1) is 17.1. The minimum absolute atomic E-state index is 0.0815. The number of carbonyl (C=O) groups is 1. The number of rotatable bonds is 3. The van der Waals surface area contributed by atoms with E-state index in [-0.39, 0.29) is 11.3 Å². The number of aromatic nitrogens is 2. The Kier molecular flexibility index (Phi) is 3.91. The van der Waals surface area contributed by atoms with Crippen LogP contribution >= 0.6 is 0 Å². The normalized spacial score (nSPS) is 12.7. The molecular weight excluding hydrogens is 358 g/mol. The third-order valence-electron chi connectivity index (χ3n) is 4.81. The molecule has 0 spiro atoms. The molecule has 1 aliphatic rings. The van der Waals surface area contributed by atoms with Crippen molar-refractivity contribution in [3.8, 4) is 17.0 Å². The Labute approximate surface area is 151 Å². The number of carboxylic acid groups (broad SMARTS) is 1. The first-order valence-electron chi connectivity index (χ1n) is 8.20. The Balaban J connectivity index is 2.07. The lowest BCUT2D eigenvalue weighted by atomic mass is 9.85. The lowest BCUT2D eigenvalue weighted by Gasteiger charge is -2.25. The zero-order valence-electron chi connectivity index (χ0n) is 14.2. The summed E-state index contributed by atoms with van der Waals surface area (Å²) < 4.78 is 31.7. The van der Waals surface area contributed by atoms with Crippen LogP contribution in [0.15, 0.2) is 35.3 Å². The largest absolute Gasteiger partial charge is 0.477 e. The average Bonchev–Trinajstić information content (AvgIpc) is 2.63. The molecule has 0 saturated heterocycles. The minimum atomic E-state index is -3.02. The maximum atomic E-state index is 12.9. The van der Waals surface area contributed by atoms with Gasteiger partial charge in [0.25, 0.3) is 5.56 Å². The van der Waals surface area contributed by atoms with Gasteiger partial charge in [-0.05, 0) is 42.2 Å². The van der Waals surface area contributed by atoms with E-state index in [2.05, 4.69) is 9.72 Å². The average molecular weight is 372 g/mol. The summed E-state index contributed by atoms with van der Waals surface area (Å²) in [5.41, 5.74) is 1.98. The molecule has 3 aromatic rings. The Morgan fingerprint density at radius 2 is 2.11 bits per heavy atom. The van der Waals surface area contributed by atoms with Gasteiger partial charge >= 0.3 is 12.6 Å². The van der Waals surface area contributed by atoms with Gasteiger partial charge in [0.2, 0.25) is 0 Å². The van der Waals surface area contributed by atoms with Gasteiger partial charge < -0.3 is 14.4 Å². The van der Waals surface area contributed by atoms with Crippen molar-refractivity contribution in [3.05, 3.63) is 57.5 Å². The maximum absolute atomic E-state index is 12.9. The van der Waals surface area contributed by atoms with E-state index in [4.69, 9.17) is 0 Å². The van der Waals surface area contributed by atoms with Gasteiger partial charge in [-0.3, -0.25) is 9.78 Å². The number of alkyl halides is 2. The Morgan fingerprint density at radius 3 is 2.81 bits per heavy atom. The van der Waals surface area contributed by atoms with Crippen LogP contribution in [0.2, 0.25) is 0 Å². The van der Waals surface area contributed by atoms with Crippen LogP contribution in [0.25, 0.3) is 22.2 Å². The third-order valence-corrected chi connectivity index (χ3v) is 4.81. The molecule has 6 nitrogen and oxygen atoms in total. The molecule has 1 N–H and O–H groups in total. The molecule has 27 heavy (non-hydrogen) atoms. The lowest BCUT2D eigenvalue weighted by molar-refractivity contribution is -0.0489. The number of benzene rings is 1. The molecule has 8 heteroatoms. The second-order valence-corrected chi connectivity index (χ2v) is 6.28. The quantitative estimate of drug-likeness (QED) is 0.764. The Morgan fingerprint density at radius 1 is 1.33 bits per heavy atom. The standard InChI is InChI=1S/C19H14F2N2O4/c1-23-16-9(7-13(17(23)24)18(25)26)4-5-10-11-3-2-6-22-15(11)14(8-12(10)16)27-19(20)21/h2-3,6-8,19H,4-5H2,1H3,(H,25,26). The van der Waals surface area contributed by atoms with Crippen LogP contribution in [-0.4, -0.2) is 27.2 Å². The van der Waals surface area contributed by atoms with Crippen molar-refractivity contribution >= 4 is 16.9 Å². The number of nitrogens with zero attached hydrogens (tertiary/aromatic N) is 2. The van der Waals surface area contributed by atoms with E-state index in [0.717, 1.165) is 5.56 Å². The van der Waals surface area contributed by atoms with Crippen molar-refractivity contribution in [2.45, 2.75) is 19.5 Å². The van der Waals surface area contributed by atoms with Gasteiger partial charge in [-0.1, -0.05) is 6.07 Å². The molecule has 0 saturated carbocycles. The summed E-state index contributed by atoms with van der Waals surface area (Å²) in [4.78, 5) is 27.9. The highest BCUT2D eigenvalue weighted by Gasteiger charge is 2.26. The van der Waals surface area contributed by atoms with E-state index in [1.54, 1.807) is 12.1 Å². The van der Waals surface area contributed by atoms with Crippen LogP contribution in [0.4, 0.5) is 8.78 Å². The van der Waals surface area contributed by atoms with Crippen LogP contribution in [0.5, 0.6) is 5.75 Å². The number of halogens is 2. The monoisotopic (exact) mass is 372 g/mol. The van der Waals surface area contributed by atoms with Crippen LogP contribution < -0.4 is 10.3 Å². The third kappa shape index (κ3) is 2.64. The van der Waals surface area contributed by atoms with E-state index in [9.17, 15) is 23.5 Å². The smallest absolute Gasteiger partial charge is 0.387 e. The number of fused-ring (bicyclic) bond motifs is 5. The molecule has 0 fully saturated rings. The summed E-state index contributed by atoms with van der Waals surface area (Å²) in [5, 5.41) is 9.92. The molecule has 4 rings (SSSR count). The highest BCUT2D eigenvalue weighted by atomic mass is 19.3. The molecule has 1 aromatic carbocycles. The Hall–Kier alpha value is -3.29. The number of carboxylic acids is 1. The summed E-state index contributed by atoms with van der Waals surface area (Å²) in [6.45, 7) is -3.02. The molecule has 0 bridgehead atoms. The number of aromatic carboxylic acids is 1. The van der Waals surface area contributed by atoms with Gasteiger partial charge in [0.1, 0.15) is 11.1 Å². The summed E-state index contributed by atoms with van der Waals surface area (Å²) in [5.74, 6) is -1.38. The van der Waals surface area contributed by atoms with Gasteiger partial charge in [-0.15, -0.1) is 0 Å². The van der Waals surface area contributed by atoms with Crippen molar-refractivity contribution < 1.29 is 23.4 Å². The van der Waals surface area contributed by atoms with Crippen LogP contribution in [0.3, 0.4) is 0 Å². The van der Waals surface area contributed by atoms with Crippen LogP contribution in [0.1, 0.15) is 21.5 Å². The van der Waals surface area contributed by atoms with Crippen molar-refractivity contribution in [3.63, 3.8) is 0 Å². The van der Waals surface area contributed by atoms with Gasteiger partial charge in [0.05, 0.1) is 5.69 Å². The minimum Gasteiger partial charge on any atom is -0.477 e. The zero-order chi connectivity index (χ0) is 19.3. The Bertz CT molecular complexity index is 1150. The predicted molar refractivity (Wildman–Crippen MR) is 93.4 cm³/mol. The molecule has 0 amide bonds. The second kappa shape index (κ2) is 6.15. The molecule has 1 aliphatic carbocycles. The first-order valence-corrected chi connectivity index (χ1v) is 8.20. The molecule has 138 valence electrons. The molecular formula is C19H14F2N2O4. The van der Waals surface area contributed by atoms with Gasteiger partial charge in [0.15, 0.2) is 5.75 Å². The van der Waals surface area contributed by atoms with Gasteiger partial charge in [-0.25, -0.2) is 4.79 Å². The van der Waals surface area contributed by atoms with Crippen molar-refractivity contribution in [1.29, 1.82) is 0 Å². The van der Waals surface area contributed by atoms with E-state index < -0.39 is 18.1 Å². The SMILES string of the molecule is Cn1c2c(cc(C(=O)O)c1=O)CCc1c-2cc(OC(F)F)c2ncccc12. The highest BCUT2D eigenvalue weighted by molar-refractivity contribution is 5.95. The predicted octanol–water partition coefficient (Wildman–Crippen LogP) is 3.00. The number of hydrogen-bond acceptors (Lipinski definition) is 4. The van der Waals surface area contributed by atoms with Crippen molar-refractivity contribution in [1.82, 2.24) is 9.55 Å². The molecule has 0 unspecified atom stereocenters. The number of hydrogen-bond donors (Lipinski definition) is 1. The molecule has 2 aromatic heterocycles. The number of aryl methyl sites for hydroxylation is 2. The van der Waals surface area contributed by atoms with E-state index >= 15 is 0 Å². The van der Waals surface area contributed by atoms with Gasteiger partial charge in [0, 0.05) is 24.2 Å². The van der Waals surface area contributed by atoms with E-state index in [0.29, 0.717) is 40.6 Å². The molecule has 0 aliphatic heterocycles. The highest BCUT2D eigenvalue weighted by Crippen LogP contribution is 2.41. The number of ether oxygens (including phenoxy) is 1. The van der Waals surface area contributed by atoms with E-state index in [1.807, 2.05) is 0 Å². The molecule has 0 atom stereocenters. The summed E-state index contributed by atoms with van der Waals surface area (Å²) >= 11 is 0. The molecule has 0 radical (unpaired) electrons. The van der Waals surface area contributed by atoms with Crippen molar-refractivity contribution in [2.75, 3.05) is 0 Å². The lowest BCUT2D eigenvalue weighted by Crippen LogP contribution is -2.28. The fraction of sp³-hybridized carbons (Fsp3) is 0.211. The second-order valence-electron chi connectivity index (χ2n) is 6.28. The number of pyridine rings is 2. The van der Waals surface area contributed by atoms with Crippen molar-refractivity contribution in [2.24, 2.45) is 7.05 Å². The zero-order valence-corrected chi connectivity index (χ0v) is 14.2.